The summed E-state index contributed by atoms with van der Waals surface area (Å²) in [5.74, 6) is -1.08. The van der Waals surface area contributed by atoms with Crippen molar-refractivity contribution < 1.29 is 19.1 Å². The van der Waals surface area contributed by atoms with Gasteiger partial charge in [0.05, 0.1) is 12.2 Å². The van der Waals surface area contributed by atoms with Crippen LogP contribution in [0, 0.1) is 5.82 Å². The quantitative estimate of drug-likeness (QED) is 0.540. The average molecular weight is 380 g/mol. The van der Waals surface area contributed by atoms with Crippen LogP contribution in [0.3, 0.4) is 0 Å². The maximum Gasteiger partial charge on any atom is 0.317 e. The second-order valence-corrected chi connectivity index (χ2v) is 6.91. The summed E-state index contributed by atoms with van der Waals surface area (Å²) < 4.78 is 13.7. The molecule has 0 spiro atoms. The second kappa shape index (κ2) is 10.1. The minimum absolute atomic E-state index is 0.0373. The molecule has 1 aromatic carbocycles. The van der Waals surface area contributed by atoms with Crippen LogP contribution in [0.4, 0.5) is 14.9 Å². The number of benzene rings is 1. The van der Waals surface area contributed by atoms with Crippen molar-refractivity contribution in [3.05, 3.63) is 30.1 Å². The summed E-state index contributed by atoms with van der Waals surface area (Å²) in [4.78, 5) is 26.5. The number of amides is 2. The van der Waals surface area contributed by atoms with E-state index in [9.17, 15) is 14.0 Å². The van der Waals surface area contributed by atoms with Gasteiger partial charge in [0, 0.05) is 32.2 Å². The molecule has 7 nitrogen and oxygen atoms in total. The molecule has 150 valence electrons. The first-order valence-corrected chi connectivity index (χ1v) is 9.36. The van der Waals surface area contributed by atoms with Crippen molar-refractivity contribution in [3.63, 3.8) is 0 Å². The van der Waals surface area contributed by atoms with Crippen molar-refractivity contribution >= 4 is 17.7 Å². The summed E-state index contributed by atoms with van der Waals surface area (Å²) in [6.45, 7) is 3.80. The van der Waals surface area contributed by atoms with Gasteiger partial charge in [0.15, 0.2) is 0 Å². The topological polar surface area (TPSA) is 84.9 Å². The zero-order chi connectivity index (χ0) is 19.8. The van der Waals surface area contributed by atoms with E-state index in [1.807, 2.05) is 23.8 Å². The van der Waals surface area contributed by atoms with E-state index < -0.39 is 5.97 Å². The molecule has 0 saturated heterocycles. The van der Waals surface area contributed by atoms with Crippen molar-refractivity contribution in [1.82, 2.24) is 15.5 Å². The minimum atomic E-state index is -0.827. The molecule has 0 atom stereocenters. The molecule has 1 fully saturated rings. The van der Waals surface area contributed by atoms with Crippen LogP contribution in [0.25, 0.3) is 0 Å². The summed E-state index contributed by atoms with van der Waals surface area (Å²) in [6.07, 6.45) is 2.24. The number of halogens is 1. The molecule has 0 aliphatic heterocycles. The fraction of sp³-hybridized carbons (Fsp3) is 0.579. The molecule has 0 heterocycles. The third kappa shape index (κ3) is 6.39. The molecule has 8 heteroatoms. The van der Waals surface area contributed by atoms with Crippen LogP contribution >= 0.6 is 0 Å². The first-order chi connectivity index (χ1) is 12.9. The van der Waals surface area contributed by atoms with E-state index in [4.69, 9.17) is 5.11 Å². The van der Waals surface area contributed by atoms with Crippen LogP contribution in [0.1, 0.15) is 26.2 Å². The lowest BCUT2D eigenvalue weighted by atomic mass is 9.85. The molecule has 1 saturated carbocycles. The summed E-state index contributed by atoms with van der Waals surface area (Å²) in [6, 6.07) is 6.69. The number of hydrogen-bond donors (Lipinski definition) is 3. The van der Waals surface area contributed by atoms with Crippen LogP contribution in [0.15, 0.2) is 24.3 Å². The number of likely N-dealkylation sites (N-methyl/N-ethyl adjacent to an activating group) is 1. The number of hydrogen-bond acceptors (Lipinski definition) is 4. The van der Waals surface area contributed by atoms with Gasteiger partial charge >= 0.3 is 12.0 Å². The smallest absolute Gasteiger partial charge is 0.317 e. The first-order valence-electron chi connectivity index (χ1n) is 9.36. The number of carbonyl (C=O) groups is 2. The fourth-order valence-electron chi connectivity index (χ4n) is 3.31. The Morgan fingerprint density at radius 3 is 2.63 bits per heavy atom. The van der Waals surface area contributed by atoms with Crippen molar-refractivity contribution in [1.29, 1.82) is 0 Å². The Bertz CT molecular complexity index is 637. The van der Waals surface area contributed by atoms with Gasteiger partial charge in [0.1, 0.15) is 5.82 Å². The van der Waals surface area contributed by atoms with Crippen LogP contribution in [-0.4, -0.2) is 67.3 Å². The Balaban J connectivity index is 1.59. The predicted octanol–water partition coefficient (Wildman–Crippen LogP) is 1.89. The summed E-state index contributed by atoms with van der Waals surface area (Å²) >= 11 is 0. The molecule has 1 aliphatic rings. The largest absolute Gasteiger partial charge is 0.480 e. The van der Waals surface area contributed by atoms with E-state index in [1.165, 1.54) is 6.07 Å². The van der Waals surface area contributed by atoms with E-state index in [2.05, 4.69) is 10.6 Å². The number of anilines is 1. The lowest BCUT2D eigenvalue weighted by Gasteiger charge is -2.42. The van der Waals surface area contributed by atoms with Crippen LogP contribution in [-0.2, 0) is 4.79 Å². The molecule has 0 bridgehead atoms. The number of nitrogens with zero attached hydrogens (tertiary/aromatic N) is 2. The zero-order valence-electron chi connectivity index (χ0n) is 15.9. The van der Waals surface area contributed by atoms with E-state index in [0.717, 1.165) is 12.8 Å². The fourth-order valence-corrected chi connectivity index (χ4v) is 3.31. The Hall–Kier alpha value is -2.35. The van der Waals surface area contributed by atoms with Gasteiger partial charge in [-0.3, -0.25) is 9.69 Å². The van der Waals surface area contributed by atoms with Gasteiger partial charge in [-0.1, -0.05) is 19.1 Å². The van der Waals surface area contributed by atoms with Crippen LogP contribution < -0.4 is 15.5 Å². The van der Waals surface area contributed by atoms with Gasteiger partial charge < -0.3 is 20.6 Å². The molecule has 2 amide bonds. The molecule has 27 heavy (non-hydrogen) atoms. The van der Waals surface area contributed by atoms with E-state index >= 15 is 0 Å². The number of urea groups is 1. The Morgan fingerprint density at radius 2 is 2.00 bits per heavy atom. The Kier molecular flexibility index (Phi) is 7.84. The molecule has 2 rings (SSSR count). The molecule has 1 aliphatic carbocycles. The van der Waals surface area contributed by atoms with Gasteiger partial charge in [0.25, 0.3) is 0 Å². The second-order valence-electron chi connectivity index (χ2n) is 6.91. The van der Waals surface area contributed by atoms with Crippen LogP contribution in [0.5, 0.6) is 0 Å². The Labute approximate surface area is 159 Å². The highest BCUT2D eigenvalue weighted by atomic mass is 19.1. The normalized spacial score (nSPS) is 18.7. The standard InChI is InChI=1S/C19H29FN4O3/c1-3-24(13-18(25)26)15-11-14(12-15)22-19(27)21-9-6-10-23(2)17-8-5-4-7-16(17)20/h4-5,7-8,14-15H,3,6,9-13H2,1-2H3,(H,25,26)(H2,21,22,27). The minimum Gasteiger partial charge on any atom is -0.480 e. The van der Waals surface area contributed by atoms with Gasteiger partial charge in [-0.15, -0.1) is 0 Å². The summed E-state index contributed by atoms with van der Waals surface area (Å²) in [7, 11) is 1.82. The number of para-hydroxylation sites is 1. The van der Waals surface area contributed by atoms with E-state index in [-0.39, 0.29) is 30.5 Å². The lowest BCUT2D eigenvalue weighted by Crippen LogP contribution is -2.56. The van der Waals surface area contributed by atoms with Gasteiger partial charge in [0.2, 0.25) is 0 Å². The highest BCUT2D eigenvalue weighted by Crippen LogP contribution is 2.25. The Morgan fingerprint density at radius 1 is 1.30 bits per heavy atom. The molecule has 3 N–H and O–H groups in total. The van der Waals surface area contributed by atoms with E-state index in [0.29, 0.717) is 31.7 Å². The lowest BCUT2D eigenvalue weighted by molar-refractivity contribution is -0.139. The molecule has 1 aromatic rings. The summed E-state index contributed by atoms with van der Waals surface area (Å²) in [5.41, 5.74) is 0.546. The van der Waals surface area contributed by atoms with Crippen molar-refractivity contribution in [3.8, 4) is 0 Å². The number of carbonyl (C=O) groups excluding carboxylic acids is 1. The predicted molar refractivity (Wildman–Crippen MR) is 103 cm³/mol. The average Bonchev–Trinajstić information content (AvgIpc) is 2.59. The monoisotopic (exact) mass is 380 g/mol. The number of aliphatic carboxylic acids is 1. The highest BCUT2D eigenvalue weighted by Gasteiger charge is 2.34. The van der Waals surface area contributed by atoms with Crippen molar-refractivity contribution in [2.45, 2.75) is 38.3 Å². The SMILES string of the molecule is CCN(CC(=O)O)C1CC(NC(=O)NCCCN(C)c2ccccc2F)C1. The van der Waals surface area contributed by atoms with Gasteiger partial charge in [-0.2, -0.15) is 0 Å². The number of rotatable bonds is 10. The summed E-state index contributed by atoms with van der Waals surface area (Å²) in [5, 5.41) is 14.6. The molecule has 0 radical (unpaired) electrons. The molecule has 0 aromatic heterocycles. The van der Waals surface area contributed by atoms with Crippen molar-refractivity contribution in [2.24, 2.45) is 0 Å². The third-order valence-electron chi connectivity index (χ3n) is 4.93. The molecular formula is C19H29FN4O3. The van der Waals surface area contributed by atoms with Crippen LogP contribution in [0.2, 0.25) is 0 Å². The van der Waals surface area contributed by atoms with Gasteiger partial charge in [-0.25, -0.2) is 9.18 Å². The molecular weight excluding hydrogens is 351 g/mol. The highest BCUT2D eigenvalue weighted by molar-refractivity contribution is 5.74. The first kappa shape index (κ1) is 21.0. The number of nitrogens with one attached hydrogen (secondary N) is 2. The van der Waals surface area contributed by atoms with E-state index in [1.54, 1.807) is 18.2 Å². The number of carboxylic acid groups (broad SMARTS) is 1. The molecule has 0 unspecified atom stereocenters. The van der Waals surface area contributed by atoms with Gasteiger partial charge in [-0.05, 0) is 37.9 Å². The zero-order valence-corrected chi connectivity index (χ0v) is 15.9. The maximum atomic E-state index is 13.7. The van der Waals surface area contributed by atoms with Crippen molar-refractivity contribution in [2.75, 3.05) is 38.1 Å². The number of carboxylic acids is 1. The maximum absolute atomic E-state index is 13.7. The third-order valence-corrected chi connectivity index (χ3v) is 4.93.